The number of amides is 2. The second-order valence-corrected chi connectivity index (χ2v) is 7.83. The zero-order chi connectivity index (χ0) is 21.3. The van der Waals surface area contributed by atoms with E-state index in [1.165, 1.54) is 11.3 Å². The van der Waals surface area contributed by atoms with Crippen molar-refractivity contribution in [3.05, 3.63) is 35.8 Å². The fraction of sp³-hybridized carbons (Fsp3) is 0.476. The van der Waals surface area contributed by atoms with Gasteiger partial charge in [-0.25, -0.2) is 14.6 Å². The van der Waals surface area contributed by atoms with Crippen LogP contribution in [-0.4, -0.2) is 35.7 Å². The predicted molar refractivity (Wildman–Crippen MR) is 116 cm³/mol. The molecular weight excluding hydrogens is 390 g/mol. The summed E-state index contributed by atoms with van der Waals surface area (Å²) in [6, 6.07) is 6.67. The number of benzene rings is 1. The van der Waals surface area contributed by atoms with Crippen molar-refractivity contribution in [3.8, 4) is 5.75 Å². The van der Waals surface area contributed by atoms with Crippen LogP contribution < -0.4 is 15.0 Å². The lowest BCUT2D eigenvalue weighted by Gasteiger charge is -2.24. The van der Waals surface area contributed by atoms with Crippen molar-refractivity contribution in [2.24, 2.45) is 0 Å². The molecule has 0 spiro atoms. The molecule has 0 fully saturated rings. The molecule has 0 unspecified atom stereocenters. The summed E-state index contributed by atoms with van der Waals surface area (Å²) in [7, 11) is 0. The molecule has 0 aliphatic rings. The largest absolute Gasteiger partial charge is 0.476 e. The Kier molecular flexibility index (Phi) is 8.45. The molecule has 1 N–H and O–H groups in total. The van der Waals surface area contributed by atoms with Crippen LogP contribution in [0.1, 0.15) is 47.0 Å². The van der Waals surface area contributed by atoms with Crippen LogP contribution >= 0.6 is 11.3 Å². The summed E-state index contributed by atoms with van der Waals surface area (Å²) in [6.07, 6.45) is 4.74. The number of hydrogen-bond donors (Lipinski definition) is 1. The second-order valence-electron chi connectivity index (χ2n) is 6.96. The maximum atomic E-state index is 12.8. The highest BCUT2D eigenvalue weighted by molar-refractivity contribution is 7.13. The van der Waals surface area contributed by atoms with Crippen LogP contribution in [0.4, 0.5) is 15.6 Å². The number of urea groups is 1. The number of nitrogens with zero attached hydrogens (tertiary/aromatic N) is 2. The van der Waals surface area contributed by atoms with Gasteiger partial charge < -0.3 is 14.8 Å². The van der Waals surface area contributed by atoms with Crippen LogP contribution in [0, 0.1) is 0 Å². The minimum absolute atomic E-state index is 0.225. The lowest BCUT2D eigenvalue weighted by molar-refractivity contribution is -0.158. The molecule has 7 nitrogen and oxygen atoms in total. The summed E-state index contributed by atoms with van der Waals surface area (Å²) in [4.78, 5) is 30.7. The maximum absolute atomic E-state index is 12.8. The Morgan fingerprint density at radius 1 is 1.17 bits per heavy atom. The van der Waals surface area contributed by atoms with Gasteiger partial charge in [0.1, 0.15) is 5.75 Å². The van der Waals surface area contributed by atoms with Gasteiger partial charge in [0.2, 0.25) is 0 Å². The van der Waals surface area contributed by atoms with Gasteiger partial charge in [0, 0.05) is 23.8 Å². The van der Waals surface area contributed by atoms with Crippen molar-refractivity contribution < 1.29 is 19.1 Å². The fourth-order valence-corrected chi connectivity index (χ4v) is 3.26. The van der Waals surface area contributed by atoms with Crippen LogP contribution in [0.5, 0.6) is 5.75 Å². The molecule has 1 aromatic carbocycles. The first-order valence-corrected chi connectivity index (χ1v) is 10.7. The second kappa shape index (κ2) is 10.8. The summed E-state index contributed by atoms with van der Waals surface area (Å²) in [5, 5.41) is 5.43. The van der Waals surface area contributed by atoms with Crippen molar-refractivity contribution >= 4 is 34.2 Å². The van der Waals surface area contributed by atoms with Crippen molar-refractivity contribution in [1.29, 1.82) is 0 Å². The van der Waals surface area contributed by atoms with E-state index in [9.17, 15) is 9.59 Å². The highest BCUT2D eigenvalue weighted by Crippen LogP contribution is 2.23. The van der Waals surface area contributed by atoms with E-state index in [0.717, 1.165) is 19.3 Å². The van der Waals surface area contributed by atoms with Gasteiger partial charge in [0.05, 0.1) is 6.61 Å². The van der Waals surface area contributed by atoms with E-state index < -0.39 is 11.6 Å². The molecule has 2 rings (SSSR count). The Morgan fingerprint density at radius 2 is 1.90 bits per heavy atom. The van der Waals surface area contributed by atoms with E-state index in [-0.39, 0.29) is 6.03 Å². The molecule has 0 bridgehead atoms. The molecular formula is C21H29N3O4S. The van der Waals surface area contributed by atoms with Crippen molar-refractivity contribution in [3.63, 3.8) is 0 Å². The number of nitrogens with one attached hydrogen (secondary N) is 1. The van der Waals surface area contributed by atoms with Gasteiger partial charge in [-0.15, -0.1) is 11.3 Å². The number of ether oxygens (including phenoxy) is 2. The number of anilines is 2. The number of hydrogen-bond acceptors (Lipinski definition) is 6. The van der Waals surface area contributed by atoms with Crippen LogP contribution in [0.25, 0.3) is 0 Å². The van der Waals surface area contributed by atoms with Gasteiger partial charge in [-0.1, -0.05) is 19.8 Å². The van der Waals surface area contributed by atoms with E-state index in [2.05, 4.69) is 17.2 Å². The minimum Gasteiger partial charge on any atom is -0.476 e. The average Bonchev–Trinajstić information content (AvgIpc) is 3.21. The van der Waals surface area contributed by atoms with Gasteiger partial charge >= 0.3 is 12.0 Å². The number of unbranched alkanes of at least 4 members (excludes halogenated alkanes) is 2. The molecule has 158 valence electrons. The predicted octanol–water partition coefficient (Wildman–Crippen LogP) is 5.09. The topological polar surface area (TPSA) is 80.8 Å². The summed E-state index contributed by atoms with van der Waals surface area (Å²) in [5.41, 5.74) is -0.463. The molecule has 0 saturated heterocycles. The summed E-state index contributed by atoms with van der Waals surface area (Å²) < 4.78 is 10.8. The highest BCUT2D eigenvalue weighted by atomic mass is 32.1. The Balaban J connectivity index is 2.01. The normalized spacial score (nSPS) is 11.0. The number of aromatic nitrogens is 1. The first-order chi connectivity index (χ1) is 13.9. The van der Waals surface area contributed by atoms with E-state index in [0.29, 0.717) is 29.7 Å². The number of esters is 1. The third kappa shape index (κ3) is 6.74. The SMILES string of the molecule is CCCCCN(C(=O)Nc1ccc(OC(C)(C)C(=O)OCC)cc1)c1nccs1. The molecule has 0 aliphatic heterocycles. The standard InChI is InChI=1S/C21H29N3O4S/c1-5-7-8-14-24(20-22-13-15-29-20)19(26)23-16-9-11-17(12-10-16)28-21(3,4)18(25)27-6-2/h9-13,15H,5-8,14H2,1-4H3,(H,23,26). The van der Waals surface area contributed by atoms with E-state index >= 15 is 0 Å². The molecule has 8 heteroatoms. The molecule has 2 aromatic rings. The number of carbonyl (C=O) groups excluding carboxylic acids is 2. The zero-order valence-corrected chi connectivity index (χ0v) is 18.3. The Labute approximate surface area is 176 Å². The van der Waals surface area contributed by atoms with Crippen LogP contribution in [0.2, 0.25) is 0 Å². The first kappa shape index (κ1) is 22.7. The average molecular weight is 420 g/mol. The Bertz CT molecular complexity index is 776. The number of rotatable bonds is 10. The van der Waals surface area contributed by atoms with Crippen molar-refractivity contribution in [2.45, 2.75) is 52.6 Å². The van der Waals surface area contributed by atoms with Gasteiger partial charge in [-0.3, -0.25) is 4.90 Å². The third-order valence-electron chi connectivity index (χ3n) is 4.13. The molecule has 0 saturated carbocycles. The van der Waals surface area contributed by atoms with Gasteiger partial charge in [0.25, 0.3) is 0 Å². The van der Waals surface area contributed by atoms with Crippen LogP contribution in [0.15, 0.2) is 35.8 Å². The molecule has 29 heavy (non-hydrogen) atoms. The van der Waals surface area contributed by atoms with Gasteiger partial charge in [0.15, 0.2) is 10.7 Å². The van der Waals surface area contributed by atoms with Gasteiger partial charge in [-0.2, -0.15) is 0 Å². The smallest absolute Gasteiger partial charge is 0.349 e. The molecule has 0 aliphatic carbocycles. The monoisotopic (exact) mass is 419 g/mol. The minimum atomic E-state index is -1.10. The molecule has 0 radical (unpaired) electrons. The molecule has 1 heterocycles. The molecule has 2 amide bonds. The first-order valence-electron chi connectivity index (χ1n) is 9.81. The van der Waals surface area contributed by atoms with Crippen LogP contribution in [-0.2, 0) is 9.53 Å². The zero-order valence-electron chi connectivity index (χ0n) is 17.4. The Morgan fingerprint density at radius 3 is 2.48 bits per heavy atom. The molecule has 0 atom stereocenters. The van der Waals surface area contributed by atoms with Gasteiger partial charge in [-0.05, 0) is 51.5 Å². The number of thiazole rings is 1. The highest BCUT2D eigenvalue weighted by Gasteiger charge is 2.31. The summed E-state index contributed by atoms with van der Waals surface area (Å²) >= 11 is 1.43. The maximum Gasteiger partial charge on any atom is 0.349 e. The van der Waals surface area contributed by atoms with Crippen LogP contribution in [0.3, 0.4) is 0 Å². The van der Waals surface area contributed by atoms with Crippen molar-refractivity contribution in [2.75, 3.05) is 23.4 Å². The molecule has 1 aromatic heterocycles. The number of carbonyl (C=O) groups is 2. The van der Waals surface area contributed by atoms with E-state index in [1.54, 1.807) is 56.1 Å². The third-order valence-corrected chi connectivity index (χ3v) is 4.92. The Hall–Kier alpha value is -2.61. The lowest BCUT2D eigenvalue weighted by atomic mass is 10.1. The summed E-state index contributed by atoms with van der Waals surface area (Å²) in [5.74, 6) is 0.0873. The quantitative estimate of drug-likeness (QED) is 0.428. The summed E-state index contributed by atoms with van der Waals surface area (Å²) in [6.45, 7) is 8.10. The lowest BCUT2D eigenvalue weighted by Crippen LogP contribution is -2.39. The van der Waals surface area contributed by atoms with Crippen molar-refractivity contribution in [1.82, 2.24) is 4.98 Å². The van der Waals surface area contributed by atoms with E-state index in [4.69, 9.17) is 9.47 Å². The fourth-order valence-electron chi connectivity index (χ4n) is 2.59. The van der Waals surface area contributed by atoms with E-state index in [1.807, 2.05) is 5.38 Å².